The van der Waals surface area contributed by atoms with E-state index < -0.39 is 30.8 Å². The topological polar surface area (TPSA) is 33.7 Å². The monoisotopic (exact) mass is 458 g/mol. The van der Waals surface area contributed by atoms with E-state index in [0.717, 1.165) is 12.1 Å². The van der Waals surface area contributed by atoms with E-state index in [1.807, 2.05) is 4.90 Å². The van der Waals surface area contributed by atoms with E-state index >= 15 is 0 Å². The maximum absolute atomic E-state index is 12.7. The average molecular weight is 459 g/mol. The lowest BCUT2D eigenvalue weighted by Crippen LogP contribution is -2.45. The van der Waals surface area contributed by atoms with Crippen LogP contribution < -0.4 is 14.8 Å². The fourth-order valence-corrected chi connectivity index (χ4v) is 3.00. The number of hydrogen-bond acceptors (Lipinski definition) is 4. The Balaban J connectivity index is 0.00000364. The predicted molar refractivity (Wildman–Crippen MR) is 96.6 cm³/mol. The van der Waals surface area contributed by atoms with Gasteiger partial charge in [0.2, 0.25) is 0 Å². The first-order valence-corrected chi connectivity index (χ1v) is 8.04. The summed E-state index contributed by atoms with van der Waals surface area (Å²) in [5.41, 5.74) is 0.250. The van der Waals surface area contributed by atoms with Gasteiger partial charge in [-0.15, -0.1) is 38.0 Å². The molecule has 12 heteroatoms. The van der Waals surface area contributed by atoms with Gasteiger partial charge in [0.15, 0.2) is 0 Å². The van der Waals surface area contributed by atoms with Gasteiger partial charge in [-0.25, -0.2) is 0 Å². The smallest absolute Gasteiger partial charge is 0.496 e. The van der Waals surface area contributed by atoms with Crippen molar-refractivity contribution in [1.82, 2.24) is 10.2 Å². The second kappa shape index (κ2) is 11.2. The number of methoxy groups -OCH3 is 1. The van der Waals surface area contributed by atoms with Crippen molar-refractivity contribution in [3.8, 4) is 11.5 Å². The second-order valence-corrected chi connectivity index (χ2v) is 5.91. The van der Waals surface area contributed by atoms with E-state index in [9.17, 15) is 26.3 Å². The maximum Gasteiger partial charge on any atom is 0.573 e. The number of ether oxygens (including phenoxy) is 2. The van der Waals surface area contributed by atoms with Gasteiger partial charge in [-0.3, -0.25) is 4.90 Å². The highest BCUT2D eigenvalue weighted by Gasteiger charge is 2.34. The van der Waals surface area contributed by atoms with Crippen LogP contribution in [0.25, 0.3) is 0 Å². The first kappa shape index (κ1) is 26.9. The van der Waals surface area contributed by atoms with E-state index in [1.165, 1.54) is 13.2 Å². The molecule has 28 heavy (non-hydrogen) atoms. The molecule has 4 nitrogen and oxygen atoms in total. The summed E-state index contributed by atoms with van der Waals surface area (Å²) in [7, 11) is 1.32. The molecule has 2 rings (SSSR count). The number of rotatable bonds is 6. The molecule has 0 spiro atoms. The Morgan fingerprint density at radius 3 is 2.18 bits per heavy atom. The molecule has 1 heterocycles. The Bertz CT molecular complexity index is 595. The van der Waals surface area contributed by atoms with Crippen molar-refractivity contribution in [2.45, 2.75) is 31.4 Å². The van der Waals surface area contributed by atoms with Crippen LogP contribution in [0.2, 0.25) is 0 Å². The van der Waals surface area contributed by atoms with Crippen molar-refractivity contribution in [2.75, 3.05) is 33.3 Å². The van der Waals surface area contributed by atoms with E-state index in [-0.39, 0.29) is 42.5 Å². The highest BCUT2D eigenvalue weighted by atomic mass is 35.5. The molecule has 1 N–H and O–H groups in total. The van der Waals surface area contributed by atoms with Crippen molar-refractivity contribution >= 4 is 24.8 Å². The first-order valence-electron chi connectivity index (χ1n) is 8.04. The molecule has 1 aliphatic rings. The third-order valence-electron chi connectivity index (χ3n) is 4.09. The summed E-state index contributed by atoms with van der Waals surface area (Å²) in [5.74, 6) is -0.259. The quantitative estimate of drug-likeness (QED) is 0.625. The van der Waals surface area contributed by atoms with Crippen LogP contribution in [0, 0.1) is 0 Å². The Labute approximate surface area is 171 Å². The van der Waals surface area contributed by atoms with Crippen LogP contribution in [0.1, 0.15) is 24.4 Å². The van der Waals surface area contributed by atoms with Gasteiger partial charge in [0.25, 0.3) is 0 Å². The van der Waals surface area contributed by atoms with Crippen LogP contribution in [-0.2, 0) is 0 Å². The summed E-state index contributed by atoms with van der Waals surface area (Å²) in [6.45, 7) is 2.14. The molecule has 1 atom stereocenters. The third-order valence-corrected chi connectivity index (χ3v) is 4.09. The first-order chi connectivity index (χ1) is 12.1. The molecule has 0 bridgehead atoms. The van der Waals surface area contributed by atoms with Gasteiger partial charge in [-0.2, -0.15) is 13.2 Å². The molecule has 0 radical (unpaired) electrons. The van der Waals surface area contributed by atoms with Crippen molar-refractivity contribution in [1.29, 1.82) is 0 Å². The average Bonchev–Trinajstić information content (AvgIpc) is 2.54. The van der Waals surface area contributed by atoms with E-state index in [2.05, 4.69) is 10.1 Å². The molecular weight excluding hydrogens is 437 g/mol. The van der Waals surface area contributed by atoms with Crippen molar-refractivity contribution in [2.24, 2.45) is 0 Å². The molecule has 164 valence electrons. The summed E-state index contributed by atoms with van der Waals surface area (Å²) in [4.78, 5) is 1.82. The molecule has 1 aromatic rings. The van der Waals surface area contributed by atoms with Crippen molar-refractivity contribution in [3.05, 3.63) is 23.8 Å². The molecule has 0 unspecified atom stereocenters. The summed E-state index contributed by atoms with van der Waals surface area (Å²) in [6, 6.07) is 2.73. The lowest BCUT2D eigenvalue weighted by atomic mass is 9.98. The minimum atomic E-state index is -4.89. The number of hydrogen-bond donors (Lipinski definition) is 1. The largest absolute Gasteiger partial charge is 0.573 e. The van der Waals surface area contributed by atoms with Crippen LogP contribution in [0.3, 0.4) is 0 Å². The van der Waals surface area contributed by atoms with Gasteiger partial charge in [0, 0.05) is 44.2 Å². The molecule has 0 aromatic heterocycles. The van der Waals surface area contributed by atoms with E-state index in [4.69, 9.17) is 4.74 Å². The fraction of sp³-hybridized carbons (Fsp3) is 0.625. The standard InChI is InChI=1S/C16H20F6N2O2.2ClH/c1-25-14-3-2-11(26-16(20,21)22)10-12(14)13(4-5-15(17,18)19)24-8-6-23-7-9-24;;/h2-3,10,13,23H,4-9H2,1H3;2*1H/t13-;;/m1../s1. The fourth-order valence-electron chi connectivity index (χ4n) is 3.00. The number of benzene rings is 1. The summed E-state index contributed by atoms with van der Waals surface area (Å²) < 4.78 is 84.8. The van der Waals surface area contributed by atoms with Crippen LogP contribution in [0.4, 0.5) is 26.3 Å². The molecule has 1 aliphatic heterocycles. The van der Waals surface area contributed by atoms with E-state index in [1.54, 1.807) is 0 Å². The number of nitrogens with zero attached hydrogens (tertiary/aromatic N) is 1. The van der Waals surface area contributed by atoms with Gasteiger partial charge >= 0.3 is 12.5 Å². The molecule has 1 saturated heterocycles. The zero-order valence-electron chi connectivity index (χ0n) is 14.9. The summed E-state index contributed by atoms with van der Waals surface area (Å²) in [6.07, 6.45) is -10.6. The van der Waals surface area contributed by atoms with Crippen molar-refractivity contribution in [3.63, 3.8) is 0 Å². The molecular formula is C16H22Cl2F6N2O2. The molecule has 0 aliphatic carbocycles. The van der Waals surface area contributed by atoms with Gasteiger partial charge in [0.1, 0.15) is 11.5 Å². The van der Waals surface area contributed by atoms with Crippen molar-refractivity contribution < 1.29 is 35.8 Å². The van der Waals surface area contributed by atoms with E-state index in [0.29, 0.717) is 26.2 Å². The summed E-state index contributed by atoms with van der Waals surface area (Å²) >= 11 is 0. The predicted octanol–water partition coefficient (Wildman–Crippen LogP) is 4.73. The Morgan fingerprint density at radius 2 is 1.68 bits per heavy atom. The second-order valence-electron chi connectivity index (χ2n) is 5.91. The van der Waals surface area contributed by atoms with Gasteiger partial charge in [0.05, 0.1) is 7.11 Å². The highest BCUT2D eigenvalue weighted by molar-refractivity contribution is 5.85. The minimum Gasteiger partial charge on any atom is -0.496 e. The Hall–Kier alpha value is -1.10. The Kier molecular flexibility index (Phi) is 10.7. The van der Waals surface area contributed by atoms with Gasteiger partial charge in [-0.05, 0) is 24.6 Å². The van der Waals surface area contributed by atoms with Crippen LogP contribution in [0.5, 0.6) is 11.5 Å². The Morgan fingerprint density at radius 1 is 1.07 bits per heavy atom. The van der Waals surface area contributed by atoms with Gasteiger partial charge < -0.3 is 14.8 Å². The number of halogens is 8. The summed E-state index contributed by atoms with van der Waals surface area (Å²) in [5, 5.41) is 3.10. The lowest BCUT2D eigenvalue weighted by Gasteiger charge is -2.36. The molecule has 0 amide bonds. The zero-order valence-corrected chi connectivity index (χ0v) is 16.5. The van der Waals surface area contributed by atoms with Gasteiger partial charge in [-0.1, -0.05) is 0 Å². The minimum absolute atomic E-state index is 0. The van der Waals surface area contributed by atoms with Crippen LogP contribution in [-0.4, -0.2) is 50.7 Å². The van der Waals surface area contributed by atoms with Crippen LogP contribution in [0.15, 0.2) is 18.2 Å². The molecule has 1 aromatic carbocycles. The molecule has 0 saturated carbocycles. The number of alkyl halides is 6. The highest BCUT2D eigenvalue weighted by Crippen LogP contribution is 2.38. The molecule has 1 fully saturated rings. The lowest BCUT2D eigenvalue weighted by molar-refractivity contribution is -0.274. The van der Waals surface area contributed by atoms with Crippen LogP contribution >= 0.6 is 24.8 Å². The zero-order chi connectivity index (χ0) is 19.4. The number of nitrogens with one attached hydrogen (secondary N) is 1. The normalized spacial score (nSPS) is 16.5. The number of piperazine rings is 1. The third kappa shape index (κ3) is 8.50. The SMILES string of the molecule is COc1ccc(OC(F)(F)F)cc1[C@@H](CCC(F)(F)F)N1CCNCC1.Cl.Cl. The maximum atomic E-state index is 12.7.